The van der Waals surface area contributed by atoms with Gasteiger partial charge in [0.1, 0.15) is 11.6 Å². The number of hydrogen-bond acceptors (Lipinski definition) is 1. The first-order valence-electron chi connectivity index (χ1n) is 6.83. The summed E-state index contributed by atoms with van der Waals surface area (Å²) in [5.74, 6) is -0.805. The van der Waals surface area contributed by atoms with Crippen LogP contribution in [0, 0.1) is 11.6 Å². The third-order valence-electron chi connectivity index (χ3n) is 3.62. The Labute approximate surface area is 122 Å². The van der Waals surface area contributed by atoms with Crippen molar-refractivity contribution in [3.63, 3.8) is 0 Å². The molecule has 0 spiro atoms. The van der Waals surface area contributed by atoms with Crippen LogP contribution in [0.2, 0.25) is 0 Å². The van der Waals surface area contributed by atoms with Gasteiger partial charge in [-0.1, -0.05) is 18.2 Å². The van der Waals surface area contributed by atoms with Crippen LogP contribution in [0.15, 0.2) is 48.7 Å². The van der Waals surface area contributed by atoms with Gasteiger partial charge in [0.2, 0.25) is 0 Å². The van der Waals surface area contributed by atoms with Crippen molar-refractivity contribution in [2.24, 2.45) is 7.05 Å². The monoisotopic (exact) mass is 286 g/mol. The van der Waals surface area contributed by atoms with Crippen LogP contribution < -0.4 is 5.32 Å². The van der Waals surface area contributed by atoms with Gasteiger partial charge in [-0.2, -0.15) is 0 Å². The molecular formula is C17H16F2N2. The molecule has 1 N–H and O–H groups in total. The van der Waals surface area contributed by atoms with Crippen molar-refractivity contribution in [2.75, 3.05) is 0 Å². The van der Waals surface area contributed by atoms with Crippen molar-refractivity contribution in [3.05, 3.63) is 71.4 Å². The standard InChI is InChI=1S/C17H16F2N2/c1-21-11-13(15-4-2-3-5-17(15)21)10-20-9-12-8-14(18)6-7-16(12)19/h2-8,11,20H,9-10H2,1H3. The molecule has 0 unspecified atom stereocenters. The molecule has 4 heteroatoms. The predicted molar refractivity (Wildman–Crippen MR) is 79.8 cm³/mol. The zero-order valence-corrected chi connectivity index (χ0v) is 11.7. The van der Waals surface area contributed by atoms with Crippen LogP contribution >= 0.6 is 0 Å². The fourth-order valence-electron chi connectivity index (χ4n) is 2.58. The van der Waals surface area contributed by atoms with Crippen molar-refractivity contribution >= 4 is 10.9 Å². The van der Waals surface area contributed by atoms with E-state index in [1.807, 2.05) is 19.2 Å². The largest absolute Gasteiger partial charge is 0.350 e. The lowest BCUT2D eigenvalue weighted by Crippen LogP contribution is -2.13. The number of para-hydroxylation sites is 1. The van der Waals surface area contributed by atoms with Crippen molar-refractivity contribution in [1.82, 2.24) is 9.88 Å². The van der Waals surface area contributed by atoms with Gasteiger partial charge in [-0.25, -0.2) is 8.78 Å². The second-order valence-electron chi connectivity index (χ2n) is 5.12. The predicted octanol–water partition coefficient (Wildman–Crippen LogP) is 3.75. The molecule has 0 aliphatic rings. The molecule has 0 saturated heterocycles. The smallest absolute Gasteiger partial charge is 0.127 e. The normalized spacial score (nSPS) is 11.2. The second kappa shape index (κ2) is 5.66. The van der Waals surface area contributed by atoms with Crippen LogP contribution in [0.3, 0.4) is 0 Å². The van der Waals surface area contributed by atoms with Gasteiger partial charge < -0.3 is 9.88 Å². The zero-order chi connectivity index (χ0) is 14.8. The van der Waals surface area contributed by atoms with Gasteiger partial charge in [0, 0.05) is 42.8 Å². The molecule has 21 heavy (non-hydrogen) atoms. The molecule has 0 aliphatic carbocycles. The number of rotatable bonds is 4. The molecule has 2 nitrogen and oxygen atoms in total. The molecule has 1 heterocycles. The van der Waals surface area contributed by atoms with E-state index in [4.69, 9.17) is 0 Å². The minimum atomic E-state index is -0.418. The minimum Gasteiger partial charge on any atom is -0.350 e. The Morgan fingerprint density at radius 2 is 1.76 bits per heavy atom. The van der Waals surface area contributed by atoms with Crippen molar-refractivity contribution in [2.45, 2.75) is 13.1 Å². The summed E-state index contributed by atoms with van der Waals surface area (Å²) in [4.78, 5) is 0. The van der Waals surface area contributed by atoms with Crippen LogP contribution in [-0.4, -0.2) is 4.57 Å². The first-order chi connectivity index (χ1) is 10.1. The molecule has 0 amide bonds. The highest BCUT2D eigenvalue weighted by Crippen LogP contribution is 2.20. The zero-order valence-electron chi connectivity index (χ0n) is 11.7. The van der Waals surface area contributed by atoms with Crippen molar-refractivity contribution < 1.29 is 8.78 Å². The Kier molecular flexibility index (Phi) is 3.71. The lowest BCUT2D eigenvalue weighted by Gasteiger charge is -2.06. The van der Waals surface area contributed by atoms with E-state index >= 15 is 0 Å². The summed E-state index contributed by atoms with van der Waals surface area (Å²) in [6.07, 6.45) is 2.06. The van der Waals surface area contributed by atoms with Gasteiger partial charge >= 0.3 is 0 Å². The number of fused-ring (bicyclic) bond motifs is 1. The van der Waals surface area contributed by atoms with Crippen molar-refractivity contribution in [3.8, 4) is 0 Å². The van der Waals surface area contributed by atoms with E-state index in [2.05, 4.69) is 28.2 Å². The molecule has 1 aromatic heterocycles. The molecule has 0 aliphatic heterocycles. The maximum atomic E-state index is 13.5. The Bertz CT molecular complexity index is 778. The lowest BCUT2D eigenvalue weighted by molar-refractivity contribution is 0.569. The highest BCUT2D eigenvalue weighted by atomic mass is 19.1. The maximum Gasteiger partial charge on any atom is 0.127 e. The highest BCUT2D eigenvalue weighted by molar-refractivity contribution is 5.83. The van der Waals surface area contributed by atoms with E-state index in [1.54, 1.807) is 0 Å². The topological polar surface area (TPSA) is 17.0 Å². The first-order valence-corrected chi connectivity index (χ1v) is 6.83. The highest BCUT2D eigenvalue weighted by Gasteiger charge is 2.07. The van der Waals surface area contributed by atoms with Crippen LogP contribution in [0.1, 0.15) is 11.1 Å². The van der Waals surface area contributed by atoms with Crippen LogP contribution in [0.25, 0.3) is 10.9 Å². The summed E-state index contributed by atoms with van der Waals surface area (Å²) in [6.45, 7) is 0.907. The fourth-order valence-corrected chi connectivity index (χ4v) is 2.58. The van der Waals surface area contributed by atoms with E-state index in [0.29, 0.717) is 18.7 Å². The average Bonchev–Trinajstić information content (AvgIpc) is 2.80. The molecule has 0 fully saturated rings. The SMILES string of the molecule is Cn1cc(CNCc2cc(F)ccc2F)c2ccccc21. The summed E-state index contributed by atoms with van der Waals surface area (Å²) in [6, 6.07) is 11.6. The molecular weight excluding hydrogens is 270 g/mol. The summed E-state index contributed by atoms with van der Waals surface area (Å²) < 4.78 is 28.7. The van der Waals surface area contributed by atoms with Crippen LogP contribution in [0.5, 0.6) is 0 Å². The number of hydrogen-bond donors (Lipinski definition) is 1. The van der Waals surface area contributed by atoms with Crippen LogP contribution in [-0.2, 0) is 20.1 Å². The Morgan fingerprint density at radius 1 is 1.00 bits per heavy atom. The van der Waals surface area contributed by atoms with Gasteiger partial charge in [0.15, 0.2) is 0 Å². The molecule has 3 aromatic rings. The summed E-state index contributed by atoms with van der Waals surface area (Å²) in [5.41, 5.74) is 2.64. The molecule has 3 rings (SSSR count). The van der Waals surface area contributed by atoms with E-state index < -0.39 is 5.82 Å². The quantitative estimate of drug-likeness (QED) is 0.773. The number of nitrogens with zero attached hydrogens (tertiary/aromatic N) is 1. The number of aromatic nitrogens is 1. The van der Waals surface area contributed by atoms with Gasteiger partial charge in [0.25, 0.3) is 0 Å². The van der Waals surface area contributed by atoms with Gasteiger partial charge in [0.05, 0.1) is 0 Å². The first kappa shape index (κ1) is 13.8. The van der Waals surface area contributed by atoms with E-state index in [-0.39, 0.29) is 5.82 Å². The van der Waals surface area contributed by atoms with E-state index in [1.165, 1.54) is 11.5 Å². The number of nitrogens with one attached hydrogen (secondary N) is 1. The number of aryl methyl sites for hydroxylation is 1. The van der Waals surface area contributed by atoms with Gasteiger partial charge in [-0.15, -0.1) is 0 Å². The number of benzene rings is 2. The molecule has 0 radical (unpaired) electrons. The fraction of sp³-hybridized carbons (Fsp3) is 0.176. The summed E-state index contributed by atoms with van der Waals surface area (Å²) in [5, 5.41) is 4.34. The Hall–Kier alpha value is -2.20. The van der Waals surface area contributed by atoms with Crippen LogP contribution in [0.4, 0.5) is 8.78 Å². The molecule has 2 aromatic carbocycles. The third kappa shape index (κ3) is 2.81. The van der Waals surface area contributed by atoms with Crippen molar-refractivity contribution in [1.29, 1.82) is 0 Å². The minimum absolute atomic E-state index is 0.298. The summed E-state index contributed by atoms with van der Waals surface area (Å²) in [7, 11) is 2.00. The maximum absolute atomic E-state index is 13.5. The Balaban J connectivity index is 1.74. The third-order valence-corrected chi connectivity index (χ3v) is 3.62. The van der Waals surface area contributed by atoms with E-state index in [9.17, 15) is 8.78 Å². The molecule has 0 saturated carbocycles. The second-order valence-corrected chi connectivity index (χ2v) is 5.12. The Morgan fingerprint density at radius 3 is 2.62 bits per heavy atom. The van der Waals surface area contributed by atoms with E-state index in [0.717, 1.165) is 23.2 Å². The lowest BCUT2D eigenvalue weighted by atomic mass is 10.1. The molecule has 0 atom stereocenters. The summed E-state index contributed by atoms with van der Waals surface area (Å²) >= 11 is 0. The number of halogens is 2. The molecule has 108 valence electrons. The average molecular weight is 286 g/mol. The van der Waals surface area contributed by atoms with Gasteiger partial charge in [-0.3, -0.25) is 0 Å². The van der Waals surface area contributed by atoms with Gasteiger partial charge in [-0.05, 0) is 29.8 Å². The molecule has 0 bridgehead atoms.